The molecule has 1 N–H and O–H groups in total. The largest absolute Gasteiger partial charge is 0.314 e. The van der Waals surface area contributed by atoms with Gasteiger partial charge < -0.3 is 15.1 Å². The summed E-state index contributed by atoms with van der Waals surface area (Å²) in [5.41, 5.74) is 0. The van der Waals surface area contributed by atoms with Gasteiger partial charge >= 0.3 is 0 Å². The number of nitrogens with one attached hydrogen (secondary N) is 1. The fourth-order valence-corrected chi connectivity index (χ4v) is 2.10. The fraction of sp³-hybridized carbons (Fsp3) is 0.750. The third-order valence-electron chi connectivity index (χ3n) is 3.37. The summed E-state index contributed by atoms with van der Waals surface area (Å²) < 4.78 is 0. The van der Waals surface area contributed by atoms with Gasteiger partial charge in [0, 0.05) is 78.0 Å². The number of nitriles is 4. The first-order valence-corrected chi connectivity index (χ1v) is 7.91. The minimum Gasteiger partial charge on any atom is -0.314 e. The van der Waals surface area contributed by atoms with Crippen molar-refractivity contribution in [3.63, 3.8) is 0 Å². The SMILES string of the molecule is N#CCCN(CCC#N)CCNCCN(CCC#N)CCC#N. The first-order valence-electron chi connectivity index (χ1n) is 7.91. The summed E-state index contributed by atoms with van der Waals surface area (Å²) in [6.45, 7) is 5.96. The van der Waals surface area contributed by atoms with Gasteiger partial charge in [-0.25, -0.2) is 0 Å². The van der Waals surface area contributed by atoms with E-state index in [2.05, 4.69) is 39.4 Å². The van der Waals surface area contributed by atoms with Crippen molar-refractivity contribution in [2.24, 2.45) is 0 Å². The van der Waals surface area contributed by atoms with E-state index in [1.54, 1.807) is 0 Å². The van der Waals surface area contributed by atoms with Crippen molar-refractivity contribution in [2.45, 2.75) is 25.7 Å². The molecule has 0 atom stereocenters. The van der Waals surface area contributed by atoms with Crippen LogP contribution in [0.4, 0.5) is 0 Å². The van der Waals surface area contributed by atoms with Crippen molar-refractivity contribution in [2.75, 3.05) is 52.4 Å². The molecule has 0 aromatic carbocycles. The zero-order valence-electron chi connectivity index (χ0n) is 13.7. The van der Waals surface area contributed by atoms with Crippen molar-refractivity contribution < 1.29 is 0 Å². The van der Waals surface area contributed by atoms with Crippen molar-refractivity contribution in [1.82, 2.24) is 15.1 Å². The Hall–Kier alpha value is -2.16. The maximum Gasteiger partial charge on any atom is 0.0635 e. The molecular weight excluding hydrogens is 290 g/mol. The van der Waals surface area contributed by atoms with E-state index in [-0.39, 0.29) is 0 Å². The van der Waals surface area contributed by atoms with E-state index in [4.69, 9.17) is 21.0 Å². The molecule has 23 heavy (non-hydrogen) atoms. The van der Waals surface area contributed by atoms with Crippen LogP contribution in [0.25, 0.3) is 0 Å². The summed E-state index contributed by atoms with van der Waals surface area (Å²) in [7, 11) is 0. The van der Waals surface area contributed by atoms with E-state index in [1.807, 2.05) is 0 Å². The molecule has 0 heterocycles. The van der Waals surface area contributed by atoms with Crippen molar-refractivity contribution in [3.8, 4) is 24.3 Å². The maximum atomic E-state index is 8.64. The van der Waals surface area contributed by atoms with Crippen LogP contribution < -0.4 is 5.32 Å². The summed E-state index contributed by atoms with van der Waals surface area (Å²) in [5, 5.41) is 37.9. The average molecular weight is 315 g/mol. The van der Waals surface area contributed by atoms with E-state index in [9.17, 15) is 0 Å². The number of nitrogens with zero attached hydrogens (tertiary/aromatic N) is 6. The molecule has 0 bridgehead atoms. The lowest BCUT2D eigenvalue weighted by atomic mass is 10.3. The van der Waals surface area contributed by atoms with Crippen LogP contribution in [-0.4, -0.2) is 62.2 Å². The van der Waals surface area contributed by atoms with Crippen LogP contribution in [0.15, 0.2) is 0 Å². The van der Waals surface area contributed by atoms with Gasteiger partial charge in [-0.15, -0.1) is 0 Å². The van der Waals surface area contributed by atoms with Crippen LogP contribution in [0.5, 0.6) is 0 Å². The summed E-state index contributed by atoms with van der Waals surface area (Å²) >= 11 is 0. The van der Waals surface area contributed by atoms with Gasteiger partial charge in [0.05, 0.1) is 24.3 Å². The lowest BCUT2D eigenvalue weighted by Gasteiger charge is -2.22. The standard InChI is InChI=1S/C16H25N7/c17-5-1-11-22(12-2-6-18)15-9-21-10-16-23(13-3-7-19)14-4-8-20/h21H,1-4,9-16H2. The first-order chi connectivity index (χ1) is 11.3. The van der Waals surface area contributed by atoms with E-state index in [0.717, 1.165) is 26.2 Å². The molecule has 7 nitrogen and oxygen atoms in total. The molecule has 0 radical (unpaired) electrons. The lowest BCUT2D eigenvalue weighted by molar-refractivity contribution is 0.267. The predicted octanol–water partition coefficient (Wildman–Crippen LogP) is 0.835. The number of hydrogen-bond donors (Lipinski definition) is 1. The Bertz CT molecular complexity index is 371. The lowest BCUT2D eigenvalue weighted by Crippen LogP contribution is -2.37. The minimum atomic E-state index is 0.474. The quantitative estimate of drug-likeness (QED) is 0.472. The minimum absolute atomic E-state index is 0.474. The summed E-state index contributed by atoms with van der Waals surface area (Å²) in [6.07, 6.45) is 1.89. The fourth-order valence-electron chi connectivity index (χ4n) is 2.10. The summed E-state index contributed by atoms with van der Waals surface area (Å²) in [4.78, 5) is 4.23. The molecule has 0 saturated carbocycles. The van der Waals surface area contributed by atoms with Crippen LogP contribution in [0.3, 0.4) is 0 Å². The summed E-state index contributed by atoms with van der Waals surface area (Å²) in [6, 6.07) is 8.50. The molecule has 124 valence electrons. The summed E-state index contributed by atoms with van der Waals surface area (Å²) in [5.74, 6) is 0. The van der Waals surface area contributed by atoms with Crippen molar-refractivity contribution >= 4 is 0 Å². The normalized spacial score (nSPS) is 10.0. The highest BCUT2D eigenvalue weighted by Crippen LogP contribution is 1.94. The molecular formula is C16H25N7. The van der Waals surface area contributed by atoms with Gasteiger partial charge in [-0.3, -0.25) is 0 Å². The van der Waals surface area contributed by atoms with Crippen LogP contribution in [0.2, 0.25) is 0 Å². The molecule has 0 spiro atoms. The Labute approximate surface area is 139 Å². The molecule has 0 aromatic rings. The van der Waals surface area contributed by atoms with E-state index in [1.165, 1.54) is 0 Å². The van der Waals surface area contributed by atoms with Gasteiger partial charge in [0.2, 0.25) is 0 Å². The van der Waals surface area contributed by atoms with Gasteiger partial charge in [0.25, 0.3) is 0 Å². The van der Waals surface area contributed by atoms with Crippen LogP contribution in [-0.2, 0) is 0 Å². The monoisotopic (exact) mass is 315 g/mol. The smallest absolute Gasteiger partial charge is 0.0635 e. The van der Waals surface area contributed by atoms with E-state index < -0.39 is 0 Å². The van der Waals surface area contributed by atoms with Crippen molar-refractivity contribution in [3.05, 3.63) is 0 Å². The molecule has 0 amide bonds. The average Bonchev–Trinajstić information content (AvgIpc) is 2.57. The van der Waals surface area contributed by atoms with Crippen LogP contribution in [0, 0.1) is 45.3 Å². The van der Waals surface area contributed by atoms with Crippen LogP contribution >= 0.6 is 0 Å². The topological polar surface area (TPSA) is 114 Å². The van der Waals surface area contributed by atoms with Gasteiger partial charge in [-0.2, -0.15) is 21.0 Å². The van der Waals surface area contributed by atoms with E-state index >= 15 is 0 Å². The Morgan fingerprint density at radius 2 is 0.826 bits per heavy atom. The van der Waals surface area contributed by atoms with Crippen LogP contribution in [0.1, 0.15) is 25.7 Å². The second-order valence-electron chi connectivity index (χ2n) is 5.07. The molecule has 0 saturated heterocycles. The zero-order chi connectivity index (χ0) is 17.2. The molecule has 0 unspecified atom stereocenters. The van der Waals surface area contributed by atoms with Gasteiger partial charge in [-0.1, -0.05) is 0 Å². The molecule has 7 heteroatoms. The number of hydrogen-bond acceptors (Lipinski definition) is 7. The Kier molecular flexibility index (Phi) is 14.7. The predicted molar refractivity (Wildman–Crippen MR) is 86.7 cm³/mol. The van der Waals surface area contributed by atoms with Gasteiger partial charge in [-0.05, 0) is 0 Å². The van der Waals surface area contributed by atoms with Gasteiger partial charge in [0.1, 0.15) is 0 Å². The maximum absolute atomic E-state index is 8.64. The highest BCUT2D eigenvalue weighted by atomic mass is 15.2. The van der Waals surface area contributed by atoms with E-state index in [0.29, 0.717) is 51.9 Å². The highest BCUT2D eigenvalue weighted by molar-refractivity contribution is 4.78. The van der Waals surface area contributed by atoms with Crippen molar-refractivity contribution in [1.29, 1.82) is 21.0 Å². The molecule has 0 aliphatic heterocycles. The highest BCUT2D eigenvalue weighted by Gasteiger charge is 2.05. The second kappa shape index (κ2) is 16.2. The third kappa shape index (κ3) is 13.2. The molecule has 0 aromatic heterocycles. The molecule has 0 fully saturated rings. The Balaban J connectivity index is 3.91. The molecule has 0 aliphatic rings. The third-order valence-corrected chi connectivity index (χ3v) is 3.37. The Morgan fingerprint density at radius 3 is 1.09 bits per heavy atom. The van der Waals surface area contributed by atoms with Gasteiger partial charge in [0.15, 0.2) is 0 Å². The Morgan fingerprint density at radius 1 is 0.522 bits per heavy atom. The first kappa shape index (κ1) is 20.8. The molecule has 0 aliphatic carbocycles. The second-order valence-corrected chi connectivity index (χ2v) is 5.07. The zero-order valence-corrected chi connectivity index (χ0v) is 13.7. The molecule has 0 rings (SSSR count). The number of rotatable bonds is 14.